The van der Waals surface area contributed by atoms with E-state index in [9.17, 15) is 0 Å². The molecular formula is C3H8Br2O. The third-order valence-electron chi connectivity index (χ3n) is 0.281. The quantitative estimate of drug-likeness (QED) is 0.642. The minimum atomic E-state index is 0. The normalized spacial score (nSPS) is 7.00. The second kappa shape index (κ2) is 9.33. The van der Waals surface area contributed by atoms with E-state index in [1.165, 1.54) is 0 Å². The van der Waals surface area contributed by atoms with E-state index in [0.717, 1.165) is 11.9 Å². The topological polar surface area (TPSA) is 9.23 Å². The molecule has 6 heavy (non-hydrogen) atoms. The Morgan fingerprint density at radius 3 is 2.17 bits per heavy atom. The molecule has 0 N–H and O–H groups in total. The van der Waals surface area contributed by atoms with E-state index in [-0.39, 0.29) is 17.0 Å². The lowest BCUT2D eigenvalue weighted by Crippen LogP contribution is -1.85. The van der Waals surface area contributed by atoms with Crippen molar-refractivity contribution in [3.63, 3.8) is 0 Å². The number of rotatable bonds is 2. The molecule has 0 saturated carbocycles. The molecule has 0 bridgehead atoms. The summed E-state index contributed by atoms with van der Waals surface area (Å²) in [6.07, 6.45) is 0. The van der Waals surface area contributed by atoms with Gasteiger partial charge in [-0.3, -0.25) is 0 Å². The monoisotopic (exact) mass is 218 g/mol. The molecular weight excluding hydrogens is 212 g/mol. The van der Waals surface area contributed by atoms with Gasteiger partial charge in [-0.15, -0.1) is 17.0 Å². The van der Waals surface area contributed by atoms with Crippen molar-refractivity contribution in [1.82, 2.24) is 0 Å². The van der Waals surface area contributed by atoms with E-state index in [1.807, 2.05) is 0 Å². The van der Waals surface area contributed by atoms with Crippen molar-refractivity contribution >= 4 is 32.9 Å². The maximum absolute atomic E-state index is 4.64. The molecule has 0 rings (SSSR count). The molecule has 0 aromatic heterocycles. The molecule has 0 amide bonds. The highest BCUT2D eigenvalue weighted by Crippen LogP contribution is 1.75. The summed E-state index contributed by atoms with van der Waals surface area (Å²) in [4.78, 5) is 0. The summed E-state index contributed by atoms with van der Waals surface area (Å²) in [7, 11) is 1.68. The van der Waals surface area contributed by atoms with Crippen LogP contribution in [0.15, 0.2) is 0 Å². The molecule has 40 valence electrons. The second-order valence-electron chi connectivity index (χ2n) is 0.682. The van der Waals surface area contributed by atoms with E-state index >= 15 is 0 Å². The molecule has 0 fully saturated rings. The molecule has 3 heteroatoms. The van der Waals surface area contributed by atoms with Crippen molar-refractivity contribution < 1.29 is 4.74 Å². The van der Waals surface area contributed by atoms with Crippen molar-refractivity contribution in [2.45, 2.75) is 0 Å². The first-order chi connectivity index (χ1) is 2.41. The van der Waals surface area contributed by atoms with E-state index in [0.29, 0.717) is 0 Å². The van der Waals surface area contributed by atoms with Gasteiger partial charge in [0, 0.05) is 12.4 Å². The SMILES string of the molecule is Br.COCCBr. The fourth-order valence-corrected chi connectivity index (χ4v) is 0.401. The zero-order valence-electron chi connectivity index (χ0n) is 3.61. The first kappa shape index (κ1) is 10.0. The summed E-state index contributed by atoms with van der Waals surface area (Å²) in [6.45, 7) is 0.806. The van der Waals surface area contributed by atoms with Gasteiger partial charge in [-0.1, -0.05) is 15.9 Å². The maximum Gasteiger partial charge on any atom is 0.0559 e. The van der Waals surface area contributed by atoms with Gasteiger partial charge in [0.25, 0.3) is 0 Å². The molecule has 0 atom stereocenters. The number of halogens is 2. The fraction of sp³-hybridized carbons (Fsp3) is 1.00. The lowest BCUT2D eigenvalue weighted by Gasteiger charge is -1.83. The summed E-state index contributed by atoms with van der Waals surface area (Å²) < 4.78 is 4.64. The molecule has 0 saturated heterocycles. The highest BCUT2D eigenvalue weighted by molar-refractivity contribution is 9.09. The van der Waals surface area contributed by atoms with Crippen molar-refractivity contribution in [3.05, 3.63) is 0 Å². The Balaban J connectivity index is 0. The average Bonchev–Trinajstić information content (AvgIpc) is 1.41. The Morgan fingerprint density at radius 1 is 1.67 bits per heavy atom. The Hall–Kier alpha value is 0.920. The minimum absolute atomic E-state index is 0. The summed E-state index contributed by atoms with van der Waals surface area (Å²) in [5.41, 5.74) is 0. The predicted octanol–water partition coefficient (Wildman–Crippen LogP) is 1.61. The van der Waals surface area contributed by atoms with E-state index in [2.05, 4.69) is 20.7 Å². The number of methoxy groups -OCH3 is 1. The van der Waals surface area contributed by atoms with Crippen LogP contribution in [0.2, 0.25) is 0 Å². The zero-order valence-corrected chi connectivity index (χ0v) is 6.91. The third kappa shape index (κ3) is 8.87. The molecule has 0 aliphatic heterocycles. The zero-order chi connectivity index (χ0) is 4.12. The van der Waals surface area contributed by atoms with Gasteiger partial charge in [-0.25, -0.2) is 0 Å². The summed E-state index contributed by atoms with van der Waals surface area (Å²) in [6, 6.07) is 0. The van der Waals surface area contributed by atoms with Crippen molar-refractivity contribution in [2.24, 2.45) is 0 Å². The summed E-state index contributed by atoms with van der Waals surface area (Å²) in [5.74, 6) is 0. The van der Waals surface area contributed by atoms with Crippen LogP contribution in [0.5, 0.6) is 0 Å². The highest BCUT2D eigenvalue weighted by atomic mass is 79.9. The fourth-order valence-electron chi connectivity index (χ4n) is 0.0772. The van der Waals surface area contributed by atoms with Gasteiger partial charge >= 0.3 is 0 Å². The lowest BCUT2D eigenvalue weighted by molar-refractivity contribution is 0.219. The van der Waals surface area contributed by atoms with Gasteiger partial charge in [-0.05, 0) is 0 Å². The Bertz CT molecular complexity index is 16.3. The number of ether oxygens (including phenoxy) is 1. The largest absolute Gasteiger partial charge is 0.384 e. The Kier molecular flexibility index (Phi) is 15.6. The van der Waals surface area contributed by atoms with Gasteiger partial charge in [0.05, 0.1) is 6.61 Å². The molecule has 0 aliphatic carbocycles. The average molecular weight is 220 g/mol. The summed E-state index contributed by atoms with van der Waals surface area (Å²) >= 11 is 3.18. The molecule has 0 unspecified atom stereocenters. The predicted molar refractivity (Wildman–Crippen MR) is 36.0 cm³/mol. The van der Waals surface area contributed by atoms with Crippen LogP contribution in [0.3, 0.4) is 0 Å². The van der Waals surface area contributed by atoms with E-state index < -0.39 is 0 Å². The van der Waals surface area contributed by atoms with Crippen LogP contribution in [0, 0.1) is 0 Å². The molecule has 0 aromatic carbocycles. The first-order valence-corrected chi connectivity index (χ1v) is 2.59. The van der Waals surface area contributed by atoms with Crippen LogP contribution in [0.4, 0.5) is 0 Å². The second-order valence-corrected chi connectivity index (χ2v) is 1.47. The smallest absolute Gasteiger partial charge is 0.0559 e. The molecule has 1 nitrogen and oxygen atoms in total. The van der Waals surface area contributed by atoms with Crippen molar-refractivity contribution in [3.8, 4) is 0 Å². The van der Waals surface area contributed by atoms with Crippen LogP contribution in [-0.2, 0) is 4.74 Å². The molecule has 0 spiro atoms. The van der Waals surface area contributed by atoms with Gasteiger partial charge in [0.15, 0.2) is 0 Å². The number of alkyl halides is 1. The summed E-state index contributed by atoms with van der Waals surface area (Å²) in [5, 5.41) is 0.934. The molecule has 0 aliphatic rings. The van der Waals surface area contributed by atoms with Crippen LogP contribution in [0.25, 0.3) is 0 Å². The Labute approximate surface area is 57.0 Å². The van der Waals surface area contributed by atoms with Gasteiger partial charge < -0.3 is 4.74 Å². The minimum Gasteiger partial charge on any atom is -0.384 e. The molecule has 0 heterocycles. The number of hydrogen-bond acceptors (Lipinski definition) is 1. The van der Waals surface area contributed by atoms with E-state index in [1.54, 1.807) is 7.11 Å². The van der Waals surface area contributed by atoms with Gasteiger partial charge in [0.2, 0.25) is 0 Å². The third-order valence-corrected chi connectivity index (χ3v) is 0.605. The molecule has 0 radical (unpaired) electrons. The van der Waals surface area contributed by atoms with Crippen molar-refractivity contribution in [2.75, 3.05) is 19.0 Å². The lowest BCUT2D eigenvalue weighted by atomic mass is 10.9. The molecule has 0 aromatic rings. The maximum atomic E-state index is 4.64. The number of hydrogen-bond donors (Lipinski definition) is 0. The Morgan fingerprint density at radius 2 is 2.17 bits per heavy atom. The van der Waals surface area contributed by atoms with Crippen LogP contribution in [0.1, 0.15) is 0 Å². The van der Waals surface area contributed by atoms with Crippen LogP contribution >= 0.6 is 32.9 Å². The van der Waals surface area contributed by atoms with E-state index in [4.69, 9.17) is 0 Å². The van der Waals surface area contributed by atoms with Crippen LogP contribution < -0.4 is 0 Å². The first-order valence-electron chi connectivity index (χ1n) is 1.46. The standard InChI is InChI=1S/C3H7BrO.BrH/c1-5-3-2-4;/h2-3H2,1H3;1H. The van der Waals surface area contributed by atoms with Gasteiger partial charge in [-0.2, -0.15) is 0 Å². The van der Waals surface area contributed by atoms with Crippen molar-refractivity contribution in [1.29, 1.82) is 0 Å². The van der Waals surface area contributed by atoms with Crippen LogP contribution in [-0.4, -0.2) is 19.0 Å². The highest BCUT2D eigenvalue weighted by Gasteiger charge is 1.68. The van der Waals surface area contributed by atoms with Gasteiger partial charge in [0.1, 0.15) is 0 Å².